The number of anilines is 1. The van der Waals surface area contributed by atoms with Crippen molar-refractivity contribution in [1.29, 1.82) is 0 Å². The molecule has 2 aliphatic carbocycles. The van der Waals surface area contributed by atoms with Crippen LogP contribution in [0, 0.1) is 0 Å². The molecular weight excluding hydrogens is 405 g/mol. The summed E-state index contributed by atoms with van der Waals surface area (Å²) in [5.41, 5.74) is 7.43. The Kier molecular flexibility index (Phi) is 7.96. The van der Waals surface area contributed by atoms with E-state index < -0.39 is 6.17 Å². The Bertz CT molecular complexity index is 820. The van der Waals surface area contributed by atoms with Gasteiger partial charge in [0.25, 0.3) is 5.84 Å². The van der Waals surface area contributed by atoms with Crippen LogP contribution in [0.25, 0.3) is 0 Å². The highest BCUT2D eigenvalue weighted by Gasteiger charge is 2.32. The molecule has 0 heterocycles. The fraction of sp³-hybridized carbons (Fsp3) is 0.545. The number of hydrogen-bond donors (Lipinski definition) is 4. The maximum absolute atomic E-state index is 14.0. The molecule has 30 heavy (non-hydrogen) atoms. The van der Waals surface area contributed by atoms with E-state index in [2.05, 4.69) is 20.6 Å². The summed E-state index contributed by atoms with van der Waals surface area (Å²) in [6.45, 7) is 0. The van der Waals surface area contributed by atoms with E-state index in [0.29, 0.717) is 34.6 Å². The van der Waals surface area contributed by atoms with Crippen LogP contribution in [0.3, 0.4) is 0 Å². The lowest BCUT2D eigenvalue weighted by atomic mass is 9.91. The summed E-state index contributed by atoms with van der Waals surface area (Å²) in [6.07, 6.45) is 7.78. The predicted octanol–water partition coefficient (Wildman–Crippen LogP) is 2.53. The summed E-state index contributed by atoms with van der Waals surface area (Å²) < 4.78 is 19.2. The van der Waals surface area contributed by atoms with Gasteiger partial charge in [-0.25, -0.2) is 4.39 Å². The highest BCUT2D eigenvalue weighted by molar-refractivity contribution is 6.32. The lowest BCUT2D eigenvalue weighted by Crippen LogP contribution is -2.73. The molecule has 0 aliphatic heterocycles. The molecule has 6 nitrogen and oxygen atoms in total. The third kappa shape index (κ3) is 5.45. The number of alkyl halides is 1. The van der Waals surface area contributed by atoms with Crippen LogP contribution in [0.15, 0.2) is 35.0 Å². The van der Waals surface area contributed by atoms with Gasteiger partial charge in [-0.1, -0.05) is 18.0 Å². The van der Waals surface area contributed by atoms with Gasteiger partial charge < -0.3 is 15.8 Å². The largest absolute Gasteiger partial charge is 0.495 e. The number of halogens is 2. The first kappa shape index (κ1) is 22.4. The van der Waals surface area contributed by atoms with Crippen molar-refractivity contribution in [2.75, 3.05) is 19.5 Å². The molecule has 1 aromatic carbocycles. The van der Waals surface area contributed by atoms with Crippen molar-refractivity contribution in [2.24, 2.45) is 10.7 Å². The second-order valence-electron chi connectivity index (χ2n) is 7.80. The minimum absolute atomic E-state index is 0.371. The van der Waals surface area contributed by atoms with Crippen LogP contribution >= 0.6 is 11.6 Å². The normalized spacial score (nSPS) is 23.7. The Balaban J connectivity index is 1.86. The fourth-order valence-corrected chi connectivity index (χ4v) is 4.08. The molecule has 2 atom stereocenters. The van der Waals surface area contributed by atoms with E-state index in [1.165, 1.54) is 25.5 Å². The maximum atomic E-state index is 14.0. The van der Waals surface area contributed by atoms with E-state index in [0.717, 1.165) is 30.8 Å². The van der Waals surface area contributed by atoms with E-state index in [1.807, 2.05) is 13.1 Å². The third-order valence-corrected chi connectivity index (χ3v) is 6.06. The number of hydrogen-bond acceptors (Lipinski definition) is 3. The van der Waals surface area contributed by atoms with Crippen LogP contribution in [-0.2, 0) is 0 Å². The molecule has 0 spiro atoms. The molecule has 1 aromatic rings. The number of rotatable bonds is 6. The Morgan fingerprint density at radius 1 is 1.27 bits per heavy atom. The number of nitrogens with one attached hydrogen (secondary N) is 3. The minimum atomic E-state index is -0.926. The van der Waals surface area contributed by atoms with Crippen molar-refractivity contribution in [3.8, 4) is 5.75 Å². The molecule has 0 saturated heterocycles. The molecule has 0 aromatic heterocycles. The number of nitrogens with zero attached hydrogens (tertiary/aromatic N) is 1. The molecule has 3 rings (SSSR count). The Labute approximate surface area is 182 Å². The van der Waals surface area contributed by atoms with Crippen LogP contribution in [0.1, 0.15) is 44.9 Å². The van der Waals surface area contributed by atoms with Gasteiger partial charge >= 0.3 is 0 Å². The van der Waals surface area contributed by atoms with Gasteiger partial charge in [0.2, 0.25) is 0 Å². The van der Waals surface area contributed by atoms with E-state index in [4.69, 9.17) is 22.1 Å². The SMILES string of the molecule is C[NH+]=C(NC1CCCCC1)C(=CN)C(=NC1CC[C@H]1F)Nc1ccc(OC)c(Cl)c1. The lowest BCUT2D eigenvalue weighted by Gasteiger charge is -2.28. The quantitative estimate of drug-likeness (QED) is 0.408. The van der Waals surface area contributed by atoms with Crippen LogP contribution in [0.2, 0.25) is 5.02 Å². The van der Waals surface area contributed by atoms with Gasteiger partial charge in [-0.15, -0.1) is 0 Å². The summed E-state index contributed by atoms with van der Waals surface area (Å²) >= 11 is 6.28. The maximum Gasteiger partial charge on any atom is 0.280 e. The van der Waals surface area contributed by atoms with Gasteiger partial charge in [-0.3, -0.25) is 15.3 Å². The van der Waals surface area contributed by atoms with Crippen molar-refractivity contribution < 1.29 is 14.1 Å². The summed E-state index contributed by atoms with van der Waals surface area (Å²) in [5.74, 6) is 1.88. The zero-order valence-electron chi connectivity index (χ0n) is 17.7. The smallest absolute Gasteiger partial charge is 0.280 e. The van der Waals surface area contributed by atoms with E-state index in [-0.39, 0.29) is 6.04 Å². The van der Waals surface area contributed by atoms with Gasteiger partial charge in [0.1, 0.15) is 23.3 Å². The van der Waals surface area contributed by atoms with E-state index in [9.17, 15) is 4.39 Å². The van der Waals surface area contributed by atoms with Crippen LogP contribution in [0.5, 0.6) is 5.75 Å². The standard InChI is InChI=1S/C22H31ClFN5O/c1-26-21(27-14-6-4-3-5-7-14)16(13-25)22(29-19-10-9-18(19)24)28-15-8-11-20(30-2)17(23)12-15/h8,11-14,18-19H,3-7,9-10,25H2,1-2H3,(H,26,27)(H,28,29)/p+1/t18-,19?/m1/s1. The molecule has 2 fully saturated rings. The van der Waals surface area contributed by atoms with Gasteiger partial charge in [0.05, 0.1) is 31.3 Å². The van der Waals surface area contributed by atoms with Crippen LogP contribution in [0.4, 0.5) is 10.1 Å². The topological polar surface area (TPSA) is 85.6 Å². The Morgan fingerprint density at radius 3 is 2.57 bits per heavy atom. The zero-order valence-corrected chi connectivity index (χ0v) is 18.4. The number of aliphatic imine (C=N–C) groups is 1. The minimum Gasteiger partial charge on any atom is -0.495 e. The molecule has 0 amide bonds. The summed E-state index contributed by atoms with van der Waals surface area (Å²) in [4.78, 5) is 7.88. The van der Waals surface area contributed by atoms with Gasteiger partial charge in [0.15, 0.2) is 0 Å². The Morgan fingerprint density at radius 2 is 2.03 bits per heavy atom. The summed E-state index contributed by atoms with van der Waals surface area (Å²) in [6, 6.07) is 5.38. The molecule has 2 saturated carbocycles. The van der Waals surface area contributed by atoms with E-state index in [1.54, 1.807) is 19.2 Å². The molecule has 1 unspecified atom stereocenters. The number of benzene rings is 1. The Hall–Kier alpha value is -2.28. The third-order valence-electron chi connectivity index (χ3n) is 5.76. The molecule has 0 bridgehead atoms. The number of nitrogens with two attached hydrogens (primary N) is 1. The van der Waals surface area contributed by atoms with Crippen molar-refractivity contribution in [3.63, 3.8) is 0 Å². The van der Waals surface area contributed by atoms with Crippen LogP contribution in [-0.4, -0.2) is 44.1 Å². The second kappa shape index (κ2) is 10.7. The summed E-state index contributed by atoms with van der Waals surface area (Å²) in [7, 11) is 3.41. The molecule has 2 aliphatic rings. The second-order valence-corrected chi connectivity index (χ2v) is 8.20. The van der Waals surface area contributed by atoms with Gasteiger partial charge in [-0.05, 0) is 56.7 Å². The molecule has 8 heteroatoms. The zero-order chi connectivity index (χ0) is 21.5. The van der Waals surface area contributed by atoms with Crippen molar-refractivity contribution in [3.05, 3.63) is 35.0 Å². The average molecular weight is 437 g/mol. The predicted molar refractivity (Wildman–Crippen MR) is 121 cm³/mol. The van der Waals surface area contributed by atoms with E-state index >= 15 is 0 Å². The highest BCUT2D eigenvalue weighted by Crippen LogP contribution is 2.29. The fourth-order valence-electron chi connectivity index (χ4n) is 3.82. The first-order valence-corrected chi connectivity index (χ1v) is 11.0. The molecule has 5 N–H and O–H groups in total. The van der Waals surface area contributed by atoms with Gasteiger partial charge in [0, 0.05) is 11.9 Å². The monoisotopic (exact) mass is 436 g/mol. The van der Waals surface area contributed by atoms with Crippen LogP contribution < -0.4 is 26.1 Å². The highest BCUT2D eigenvalue weighted by atomic mass is 35.5. The molecule has 164 valence electrons. The number of amidine groups is 2. The van der Waals surface area contributed by atoms with Crippen molar-refractivity contribution >= 4 is 29.0 Å². The number of ether oxygens (including phenoxy) is 1. The van der Waals surface area contributed by atoms with Crippen molar-refractivity contribution in [1.82, 2.24) is 5.32 Å². The number of methoxy groups -OCH3 is 1. The molecule has 0 radical (unpaired) electrons. The van der Waals surface area contributed by atoms with Gasteiger partial charge in [-0.2, -0.15) is 0 Å². The van der Waals surface area contributed by atoms with Crippen molar-refractivity contribution in [2.45, 2.75) is 63.2 Å². The first-order chi connectivity index (χ1) is 14.5. The lowest BCUT2D eigenvalue weighted by molar-refractivity contribution is -0.421. The average Bonchev–Trinajstić information content (AvgIpc) is 2.76. The summed E-state index contributed by atoms with van der Waals surface area (Å²) in [5, 5.41) is 7.33. The molecular formula is C22H32ClFN5O+. The first-order valence-electron chi connectivity index (χ1n) is 10.6.